The van der Waals surface area contributed by atoms with E-state index in [1.807, 2.05) is 24.3 Å². The van der Waals surface area contributed by atoms with Crippen molar-refractivity contribution >= 4 is 10.0 Å². The Hall–Kier alpha value is -1.11. The van der Waals surface area contributed by atoms with Gasteiger partial charge in [-0.1, -0.05) is 12.1 Å². The van der Waals surface area contributed by atoms with Gasteiger partial charge in [0, 0.05) is 13.1 Å². The summed E-state index contributed by atoms with van der Waals surface area (Å²) >= 11 is 0. The molecule has 19 heavy (non-hydrogen) atoms. The van der Waals surface area contributed by atoms with Crippen molar-refractivity contribution in [1.29, 1.82) is 0 Å². The lowest BCUT2D eigenvalue weighted by Crippen LogP contribution is -2.30. The van der Waals surface area contributed by atoms with E-state index in [-0.39, 0.29) is 5.75 Å². The second kappa shape index (κ2) is 6.36. The Balaban J connectivity index is 1.79. The summed E-state index contributed by atoms with van der Waals surface area (Å²) < 4.78 is 30.2. The SMILES string of the molecule is NCCc1ccc(OCCN2CCCS2(=O)=O)cc1. The van der Waals surface area contributed by atoms with Gasteiger partial charge in [-0.2, -0.15) is 4.31 Å². The minimum atomic E-state index is -3.02. The molecule has 5 nitrogen and oxygen atoms in total. The molecule has 1 aromatic carbocycles. The number of benzene rings is 1. The lowest BCUT2D eigenvalue weighted by molar-refractivity contribution is 0.279. The van der Waals surface area contributed by atoms with E-state index >= 15 is 0 Å². The molecule has 0 radical (unpaired) electrons. The zero-order valence-electron chi connectivity index (χ0n) is 10.9. The summed E-state index contributed by atoms with van der Waals surface area (Å²) in [6, 6.07) is 7.75. The smallest absolute Gasteiger partial charge is 0.214 e. The van der Waals surface area contributed by atoms with Gasteiger partial charge in [-0.05, 0) is 37.1 Å². The van der Waals surface area contributed by atoms with Crippen LogP contribution in [0.25, 0.3) is 0 Å². The minimum Gasteiger partial charge on any atom is -0.492 e. The minimum absolute atomic E-state index is 0.265. The molecule has 0 saturated carbocycles. The first-order valence-corrected chi connectivity index (χ1v) is 8.12. The molecule has 0 atom stereocenters. The first kappa shape index (κ1) is 14.3. The van der Waals surface area contributed by atoms with Crippen LogP contribution in [-0.4, -0.2) is 44.7 Å². The van der Waals surface area contributed by atoms with Gasteiger partial charge in [0.15, 0.2) is 0 Å². The molecule has 2 N–H and O–H groups in total. The first-order valence-electron chi connectivity index (χ1n) is 6.51. The predicted molar refractivity (Wildman–Crippen MR) is 74.7 cm³/mol. The summed E-state index contributed by atoms with van der Waals surface area (Å²) in [5.74, 6) is 1.03. The molecule has 0 aliphatic carbocycles. The Morgan fingerprint density at radius 2 is 2.00 bits per heavy atom. The van der Waals surface area contributed by atoms with E-state index in [1.165, 1.54) is 9.87 Å². The van der Waals surface area contributed by atoms with E-state index in [0.717, 1.165) is 18.6 Å². The van der Waals surface area contributed by atoms with Crippen LogP contribution in [0.1, 0.15) is 12.0 Å². The molecule has 0 unspecified atom stereocenters. The molecule has 0 spiro atoms. The standard InChI is InChI=1S/C13H20N2O3S/c14-7-6-12-2-4-13(5-3-12)18-10-9-15-8-1-11-19(15,16)17/h2-5H,1,6-11,14H2. The Morgan fingerprint density at radius 1 is 1.26 bits per heavy atom. The van der Waals surface area contributed by atoms with Crippen molar-refractivity contribution in [3.8, 4) is 5.75 Å². The summed E-state index contributed by atoms with van der Waals surface area (Å²) in [4.78, 5) is 0. The fourth-order valence-electron chi connectivity index (χ4n) is 2.13. The van der Waals surface area contributed by atoms with Crippen molar-refractivity contribution in [2.75, 3.05) is 32.0 Å². The molecule has 0 bridgehead atoms. The maximum Gasteiger partial charge on any atom is 0.214 e. The zero-order chi connectivity index (χ0) is 13.7. The number of rotatable bonds is 6. The lowest BCUT2D eigenvalue weighted by Gasteiger charge is -2.14. The van der Waals surface area contributed by atoms with Crippen LogP contribution in [0.2, 0.25) is 0 Å². The van der Waals surface area contributed by atoms with Crippen molar-refractivity contribution in [3.05, 3.63) is 29.8 Å². The van der Waals surface area contributed by atoms with Crippen LogP contribution in [-0.2, 0) is 16.4 Å². The molecule has 0 amide bonds. The van der Waals surface area contributed by atoms with Crippen LogP contribution in [0.4, 0.5) is 0 Å². The van der Waals surface area contributed by atoms with E-state index < -0.39 is 10.0 Å². The highest BCUT2D eigenvalue weighted by molar-refractivity contribution is 7.89. The van der Waals surface area contributed by atoms with Gasteiger partial charge in [-0.15, -0.1) is 0 Å². The van der Waals surface area contributed by atoms with Crippen molar-refractivity contribution in [2.45, 2.75) is 12.8 Å². The Labute approximate surface area is 114 Å². The molecule has 106 valence electrons. The van der Waals surface area contributed by atoms with E-state index in [9.17, 15) is 8.42 Å². The number of sulfonamides is 1. The highest BCUT2D eigenvalue weighted by atomic mass is 32.2. The lowest BCUT2D eigenvalue weighted by atomic mass is 10.1. The Morgan fingerprint density at radius 3 is 2.58 bits per heavy atom. The van der Waals surface area contributed by atoms with E-state index in [2.05, 4.69) is 0 Å². The van der Waals surface area contributed by atoms with Gasteiger partial charge >= 0.3 is 0 Å². The molecule has 1 aliphatic rings. The quantitative estimate of drug-likeness (QED) is 0.830. The summed E-state index contributed by atoms with van der Waals surface area (Å²) in [6.45, 7) is 2.05. The van der Waals surface area contributed by atoms with Crippen LogP contribution in [0, 0.1) is 0 Å². The molecule has 1 aromatic rings. The molecular weight excluding hydrogens is 264 g/mol. The van der Waals surface area contributed by atoms with Gasteiger partial charge < -0.3 is 10.5 Å². The fourth-order valence-corrected chi connectivity index (χ4v) is 3.64. The third-order valence-corrected chi connectivity index (χ3v) is 5.13. The van der Waals surface area contributed by atoms with Crippen molar-refractivity contribution < 1.29 is 13.2 Å². The molecule has 1 saturated heterocycles. The second-order valence-electron chi connectivity index (χ2n) is 4.60. The van der Waals surface area contributed by atoms with E-state index in [4.69, 9.17) is 10.5 Å². The Bertz CT molecular complexity index is 499. The highest BCUT2D eigenvalue weighted by Gasteiger charge is 2.27. The summed E-state index contributed by atoms with van der Waals surface area (Å²) in [7, 11) is -3.02. The molecule has 2 rings (SSSR count). The maximum atomic E-state index is 11.6. The molecule has 6 heteroatoms. The third-order valence-electron chi connectivity index (χ3n) is 3.17. The largest absolute Gasteiger partial charge is 0.492 e. The van der Waals surface area contributed by atoms with Crippen LogP contribution in [0.15, 0.2) is 24.3 Å². The van der Waals surface area contributed by atoms with Gasteiger partial charge in [0.2, 0.25) is 10.0 Å². The summed E-state index contributed by atoms with van der Waals surface area (Å²) in [5, 5.41) is 0. The molecule has 1 aliphatic heterocycles. The predicted octanol–water partition coefficient (Wildman–Crippen LogP) is 0.602. The average Bonchev–Trinajstić information content (AvgIpc) is 2.71. The number of ether oxygens (including phenoxy) is 1. The van der Waals surface area contributed by atoms with Gasteiger partial charge in [0.25, 0.3) is 0 Å². The van der Waals surface area contributed by atoms with Crippen LogP contribution >= 0.6 is 0 Å². The summed E-state index contributed by atoms with van der Waals surface area (Å²) in [5.41, 5.74) is 6.66. The average molecular weight is 284 g/mol. The fraction of sp³-hybridized carbons (Fsp3) is 0.538. The number of hydrogen-bond acceptors (Lipinski definition) is 4. The molecule has 1 fully saturated rings. The van der Waals surface area contributed by atoms with Crippen molar-refractivity contribution in [3.63, 3.8) is 0 Å². The van der Waals surface area contributed by atoms with Crippen molar-refractivity contribution in [1.82, 2.24) is 4.31 Å². The second-order valence-corrected chi connectivity index (χ2v) is 6.69. The van der Waals surface area contributed by atoms with Crippen LogP contribution in [0.5, 0.6) is 5.75 Å². The summed E-state index contributed by atoms with van der Waals surface area (Å²) in [6.07, 6.45) is 1.57. The zero-order valence-corrected chi connectivity index (χ0v) is 11.7. The Kier molecular flexibility index (Phi) is 4.79. The van der Waals surface area contributed by atoms with Crippen LogP contribution in [0.3, 0.4) is 0 Å². The van der Waals surface area contributed by atoms with Gasteiger partial charge in [-0.3, -0.25) is 0 Å². The molecular formula is C13H20N2O3S. The van der Waals surface area contributed by atoms with Gasteiger partial charge in [0.05, 0.1) is 5.75 Å². The number of hydrogen-bond donors (Lipinski definition) is 1. The third kappa shape index (κ3) is 3.92. The maximum absolute atomic E-state index is 11.6. The van der Waals surface area contributed by atoms with Gasteiger partial charge in [-0.25, -0.2) is 8.42 Å². The first-order chi connectivity index (χ1) is 9.12. The highest BCUT2D eigenvalue weighted by Crippen LogP contribution is 2.15. The number of nitrogens with two attached hydrogens (primary N) is 1. The van der Waals surface area contributed by atoms with E-state index in [0.29, 0.717) is 26.2 Å². The van der Waals surface area contributed by atoms with Gasteiger partial charge in [0.1, 0.15) is 12.4 Å². The van der Waals surface area contributed by atoms with Crippen LogP contribution < -0.4 is 10.5 Å². The number of nitrogens with zero attached hydrogens (tertiary/aromatic N) is 1. The topological polar surface area (TPSA) is 72.6 Å². The molecule has 1 heterocycles. The monoisotopic (exact) mass is 284 g/mol. The van der Waals surface area contributed by atoms with E-state index in [1.54, 1.807) is 0 Å². The normalized spacial score (nSPS) is 18.6. The van der Waals surface area contributed by atoms with Crippen molar-refractivity contribution in [2.24, 2.45) is 5.73 Å². The molecule has 0 aromatic heterocycles.